The number of hydrogen-bond acceptors (Lipinski definition) is 5. The van der Waals surface area contributed by atoms with E-state index >= 15 is 0 Å². The molecule has 0 bridgehead atoms. The molecule has 1 saturated heterocycles. The molecular formula is C33H38N2O4. The van der Waals surface area contributed by atoms with E-state index in [2.05, 4.69) is 46.3 Å². The zero-order valence-electron chi connectivity index (χ0n) is 22.9. The lowest BCUT2D eigenvalue weighted by Gasteiger charge is -2.29. The molecule has 2 aromatic carbocycles. The summed E-state index contributed by atoms with van der Waals surface area (Å²) < 4.78 is 12.1. The Morgan fingerprint density at radius 2 is 1.92 bits per heavy atom. The molecule has 6 rings (SSSR count). The standard InChI is InChI=1S/C33H38N2O4/c1-21(33(36)37)32(23-6-7-23)26-8-5-22-10-12-29(39-30(22)18-26)25-9-11-28(24-13-14-34-31(19-24)38-2)27(17-25)20-35-15-3-4-16-35/h5,8-9,11,13-14,17-19,21,23,29,32H,3-4,6-7,10,12,15-16,20H2,1-2H3,(H,36,37)/t21-,29-,32-/m0/s1. The molecule has 0 spiro atoms. The van der Waals surface area contributed by atoms with Crippen LogP contribution in [0.2, 0.25) is 0 Å². The quantitative estimate of drug-likeness (QED) is 0.337. The molecule has 0 unspecified atom stereocenters. The predicted molar refractivity (Wildman–Crippen MR) is 151 cm³/mol. The van der Waals surface area contributed by atoms with Crippen molar-refractivity contribution in [3.05, 3.63) is 77.0 Å². The number of aromatic nitrogens is 1. The van der Waals surface area contributed by atoms with E-state index in [-0.39, 0.29) is 12.0 Å². The lowest BCUT2D eigenvalue weighted by Crippen LogP contribution is -2.22. The zero-order chi connectivity index (χ0) is 26.9. The number of aryl methyl sites for hydroxylation is 1. The van der Waals surface area contributed by atoms with Gasteiger partial charge in [-0.3, -0.25) is 9.69 Å². The van der Waals surface area contributed by atoms with Crippen molar-refractivity contribution >= 4 is 5.97 Å². The van der Waals surface area contributed by atoms with Crippen LogP contribution in [0.1, 0.15) is 73.3 Å². The van der Waals surface area contributed by atoms with Crippen molar-refractivity contribution in [2.45, 2.75) is 64.0 Å². The van der Waals surface area contributed by atoms with Crippen LogP contribution >= 0.6 is 0 Å². The van der Waals surface area contributed by atoms with Gasteiger partial charge in [0.25, 0.3) is 0 Å². The molecule has 39 heavy (non-hydrogen) atoms. The third-order valence-electron chi connectivity index (χ3n) is 8.83. The fourth-order valence-corrected chi connectivity index (χ4v) is 6.50. The number of nitrogens with zero attached hydrogens (tertiary/aromatic N) is 2. The van der Waals surface area contributed by atoms with Crippen molar-refractivity contribution in [1.29, 1.82) is 0 Å². The van der Waals surface area contributed by atoms with Gasteiger partial charge in [-0.25, -0.2) is 4.98 Å². The van der Waals surface area contributed by atoms with Crippen molar-refractivity contribution in [3.8, 4) is 22.8 Å². The van der Waals surface area contributed by atoms with Crippen LogP contribution in [0.4, 0.5) is 0 Å². The first-order chi connectivity index (χ1) is 19.0. The van der Waals surface area contributed by atoms with Gasteiger partial charge in [0, 0.05) is 18.8 Å². The van der Waals surface area contributed by atoms with E-state index in [0.717, 1.165) is 62.2 Å². The Bertz CT molecular complexity index is 1350. The average Bonchev–Trinajstić information content (AvgIpc) is 3.66. The SMILES string of the molecule is COc1cc(-c2ccc([C@@H]3CCc4ccc([C@H](C5CC5)[C@H](C)C(=O)O)cc4O3)cc2CN2CCCC2)ccn1. The molecule has 2 aliphatic heterocycles. The summed E-state index contributed by atoms with van der Waals surface area (Å²) in [5, 5.41) is 9.74. The highest BCUT2D eigenvalue weighted by atomic mass is 16.5. The molecule has 2 fully saturated rings. The van der Waals surface area contributed by atoms with Gasteiger partial charge < -0.3 is 14.6 Å². The topological polar surface area (TPSA) is 71.9 Å². The summed E-state index contributed by atoms with van der Waals surface area (Å²) in [5.41, 5.74) is 7.13. The monoisotopic (exact) mass is 526 g/mol. The molecule has 3 heterocycles. The molecule has 1 aliphatic carbocycles. The van der Waals surface area contributed by atoms with Gasteiger partial charge in [-0.15, -0.1) is 0 Å². The number of rotatable bonds is 9. The van der Waals surface area contributed by atoms with Crippen molar-refractivity contribution in [2.24, 2.45) is 11.8 Å². The Labute approximate surface area is 231 Å². The Morgan fingerprint density at radius 1 is 1.10 bits per heavy atom. The molecule has 6 nitrogen and oxygen atoms in total. The van der Waals surface area contributed by atoms with Gasteiger partial charge in [0.05, 0.1) is 13.0 Å². The van der Waals surface area contributed by atoms with E-state index in [1.807, 2.05) is 19.1 Å². The number of carboxylic acids is 1. The van der Waals surface area contributed by atoms with E-state index in [4.69, 9.17) is 9.47 Å². The predicted octanol–water partition coefficient (Wildman–Crippen LogP) is 6.63. The lowest BCUT2D eigenvalue weighted by atomic mass is 9.82. The number of ether oxygens (including phenoxy) is 2. The highest BCUT2D eigenvalue weighted by molar-refractivity contribution is 5.71. The highest BCUT2D eigenvalue weighted by Gasteiger charge is 2.39. The normalized spacial score (nSPS) is 20.6. The molecule has 1 aromatic heterocycles. The van der Waals surface area contributed by atoms with Gasteiger partial charge >= 0.3 is 5.97 Å². The minimum absolute atomic E-state index is 0.0256. The van der Waals surface area contributed by atoms with E-state index in [1.54, 1.807) is 13.3 Å². The Kier molecular flexibility index (Phi) is 7.30. The van der Waals surface area contributed by atoms with Gasteiger partial charge in [0.2, 0.25) is 5.88 Å². The fraction of sp³-hybridized carbons (Fsp3) is 0.455. The molecule has 0 radical (unpaired) electrons. The Morgan fingerprint density at radius 3 is 2.67 bits per heavy atom. The number of carboxylic acid groups (broad SMARTS) is 1. The molecular weight excluding hydrogens is 488 g/mol. The van der Waals surface area contributed by atoms with Crippen LogP contribution in [0.3, 0.4) is 0 Å². The number of methoxy groups -OCH3 is 1. The number of fused-ring (bicyclic) bond motifs is 1. The maximum absolute atomic E-state index is 11.8. The second-order valence-electron chi connectivity index (χ2n) is 11.5. The molecule has 3 aliphatic rings. The largest absolute Gasteiger partial charge is 0.485 e. The first-order valence-corrected chi connectivity index (χ1v) is 14.4. The molecule has 204 valence electrons. The molecule has 1 saturated carbocycles. The van der Waals surface area contributed by atoms with E-state index < -0.39 is 11.9 Å². The van der Waals surface area contributed by atoms with Crippen LogP contribution in [0.5, 0.6) is 11.6 Å². The second-order valence-corrected chi connectivity index (χ2v) is 11.5. The van der Waals surface area contributed by atoms with Crippen LogP contribution in [-0.2, 0) is 17.8 Å². The maximum atomic E-state index is 11.8. The summed E-state index contributed by atoms with van der Waals surface area (Å²) in [6, 6.07) is 17.2. The van der Waals surface area contributed by atoms with Gasteiger partial charge in [0.1, 0.15) is 11.9 Å². The van der Waals surface area contributed by atoms with Crippen LogP contribution in [0, 0.1) is 11.8 Å². The van der Waals surface area contributed by atoms with Crippen LogP contribution in [0.25, 0.3) is 11.1 Å². The first kappa shape index (κ1) is 25.9. The zero-order valence-corrected chi connectivity index (χ0v) is 22.9. The first-order valence-electron chi connectivity index (χ1n) is 14.4. The molecule has 1 N–H and O–H groups in total. The number of pyridine rings is 1. The molecule has 3 atom stereocenters. The lowest BCUT2D eigenvalue weighted by molar-refractivity contribution is -0.142. The van der Waals surface area contributed by atoms with Gasteiger partial charge in [-0.2, -0.15) is 0 Å². The second kappa shape index (κ2) is 11.0. The van der Waals surface area contributed by atoms with E-state index in [1.165, 1.54) is 35.1 Å². The highest BCUT2D eigenvalue weighted by Crippen LogP contribution is 2.48. The minimum atomic E-state index is -0.721. The van der Waals surface area contributed by atoms with Crippen molar-refractivity contribution in [2.75, 3.05) is 20.2 Å². The van der Waals surface area contributed by atoms with Crippen molar-refractivity contribution in [3.63, 3.8) is 0 Å². The fourth-order valence-electron chi connectivity index (χ4n) is 6.50. The summed E-state index contributed by atoms with van der Waals surface area (Å²) in [6.07, 6.45) is 8.39. The minimum Gasteiger partial charge on any atom is -0.485 e. The Balaban J connectivity index is 1.30. The maximum Gasteiger partial charge on any atom is 0.306 e. The van der Waals surface area contributed by atoms with Gasteiger partial charge in [0.15, 0.2) is 0 Å². The summed E-state index contributed by atoms with van der Waals surface area (Å²) >= 11 is 0. The number of likely N-dealkylation sites (tertiary alicyclic amines) is 1. The number of aliphatic carboxylic acids is 1. The summed E-state index contributed by atoms with van der Waals surface area (Å²) in [6.45, 7) is 5.03. The third kappa shape index (κ3) is 5.53. The van der Waals surface area contributed by atoms with Crippen LogP contribution in [-0.4, -0.2) is 41.2 Å². The number of hydrogen-bond donors (Lipinski definition) is 1. The third-order valence-corrected chi connectivity index (χ3v) is 8.83. The van der Waals surface area contributed by atoms with Gasteiger partial charge in [-0.1, -0.05) is 37.3 Å². The number of carbonyl (C=O) groups is 1. The molecule has 0 amide bonds. The summed E-state index contributed by atoms with van der Waals surface area (Å²) in [5.74, 6) is 0.911. The van der Waals surface area contributed by atoms with E-state index in [0.29, 0.717) is 11.8 Å². The number of benzene rings is 2. The van der Waals surface area contributed by atoms with Crippen molar-refractivity contribution < 1.29 is 19.4 Å². The van der Waals surface area contributed by atoms with Crippen molar-refractivity contribution in [1.82, 2.24) is 9.88 Å². The molecule has 6 heteroatoms. The Hall–Kier alpha value is -3.38. The smallest absolute Gasteiger partial charge is 0.306 e. The summed E-state index contributed by atoms with van der Waals surface area (Å²) in [4.78, 5) is 18.7. The van der Waals surface area contributed by atoms with E-state index in [9.17, 15) is 9.90 Å². The van der Waals surface area contributed by atoms with Crippen LogP contribution in [0.15, 0.2) is 54.7 Å². The average molecular weight is 527 g/mol. The summed E-state index contributed by atoms with van der Waals surface area (Å²) in [7, 11) is 1.65. The van der Waals surface area contributed by atoms with Gasteiger partial charge in [-0.05, 0) is 109 Å². The van der Waals surface area contributed by atoms with Crippen LogP contribution < -0.4 is 9.47 Å². The molecule has 3 aromatic rings.